The molecule has 1 aliphatic carbocycles. The van der Waals surface area contributed by atoms with Crippen LogP contribution in [0.25, 0.3) is 0 Å². The molecule has 40 heavy (non-hydrogen) atoms. The predicted molar refractivity (Wildman–Crippen MR) is 152 cm³/mol. The zero-order valence-electron chi connectivity index (χ0n) is 23.8. The van der Waals surface area contributed by atoms with Crippen molar-refractivity contribution in [1.29, 1.82) is 0 Å². The van der Waals surface area contributed by atoms with Crippen molar-refractivity contribution in [3.63, 3.8) is 0 Å². The number of rotatable bonds is 10. The highest BCUT2D eigenvalue weighted by Gasteiger charge is 2.31. The summed E-state index contributed by atoms with van der Waals surface area (Å²) in [5.41, 5.74) is 3.98. The monoisotopic (exact) mass is 550 g/mol. The lowest BCUT2D eigenvalue weighted by Crippen LogP contribution is -2.45. The van der Waals surface area contributed by atoms with Gasteiger partial charge in [-0.15, -0.1) is 0 Å². The minimum Gasteiger partial charge on any atom is -0.479 e. The number of hydrogen-bond acceptors (Lipinski definition) is 10. The van der Waals surface area contributed by atoms with E-state index in [2.05, 4.69) is 56.8 Å². The van der Waals surface area contributed by atoms with Crippen LogP contribution in [0.5, 0.6) is 23.5 Å². The van der Waals surface area contributed by atoms with Gasteiger partial charge in [-0.2, -0.15) is 9.97 Å². The van der Waals surface area contributed by atoms with Crippen LogP contribution in [0.1, 0.15) is 47.5 Å². The molecule has 0 unspecified atom stereocenters. The van der Waals surface area contributed by atoms with Crippen LogP contribution >= 0.6 is 0 Å². The fraction of sp³-hybridized carbons (Fsp3) is 0.483. The number of benzene rings is 1. The van der Waals surface area contributed by atoms with E-state index in [4.69, 9.17) is 18.6 Å². The highest BCUT2D eigenvalue weighted by atomic mass is 16.6. The van der Waals surface area contributed by atoms with Crippen molar-refractivity contribution in [2.45, 2.75) is 39.0 Å². The van der Waals surface area contributed by atoms with E-state index in [0.29, 0.717) is 18.2 Å². The summed E-state index contributed by atoms with van der Waals surface area (Å²) in [5.74, 6) is 1.18. The maximum atomic E-state index is 13.1. The third-order valence-electron chi connectivity index (χ3n) is 7.55. The number of furan rings is 1. The van der Waals surface area contributed by atoms with Crippen LogP contribution in [0, 0.1) is 6.92 Å². The van der Waals surface area contributed by atoms with Gasteiger partial charge in [0.1, 0.15) is 5.75 Å². The predicted octanol–water partition coefficient (Wildman–Crippen LogP) is 3.98. The number of ether oxygens (including phenoxy) is 3. The Morgan fingerprint density at radius 2 is 1.85 bits per heavy atom. The molecule has 1 aliphatic heterocycles. The third-order valence-corrected chi connectivity index (χ3v) is 7.55. The molecule has 0 atom stereocenters. The van der Waals surface area contributed by atoms with Crippen LogP contribution in [0.2, 0.25) is 0 Å². The highest BCUT2D eigenvalue weighted by molar-refractivity contribution is 6.03. The number of aryl methyl sites for hydroxylation is 2. The van der Waals surface area contributed by atoms with Crippen molar-refractivity contribution in [2.24, 2.45) is 0 Å². The number of nitrogens with one attached hydrogen (secondary N) is 3. The minimum absolute atomic E-state index is 0.0662. The highest BCUT2D eigenvalue weighted by Crippen LogP contribution is 2.42. The molecule has 11 nitrogen and oxygen atoms in total. The Morgan fingerprint density at radius 3 is 2.55 bits per heavy atom. The van der Waals surface area contributed by atoms with Gasteiger partial charge in [0.2, 0.25) is 17.7 Å². The van der Waals surface area contributed by atoms with E-state index < -0.39 is 5.91 Å². The number of methoxy groups -OCH3 is 2. The summed E-state index contributed by atoms with van der Waals surface area (Å²) in [6, 6.07) is 7.46. The SMILES string of the molecule is COc1nc(NCCN2CCNCC2)nc(OC)c1NC(=O)c1ccc(Oc2cc3c(cc2C)CCC3(C)C)o1. The number of piperazine rings is 1. The lowest BCUT2D eigenvalue weighted by molar-refractivity contribution is 0.0990. The summed E-state index contributed by atoms with van der Waals surface area (Å²) < 4.78 is 22.7. The van der Waals surface area contributed by atoms with Gasteiger partial charge in [0.15, 0.2) is 11.4 Å². The molecule has 1 amide bonds. The first-order valence-electron chi connectivity index (χ1n) is 13.7. The molecule has 3 heterocycles. The molecule has 2 aliphatic rings. The number of aromatic nitrogens is 2. The van der Waals surface area contributed by atoms with Crippen molar-refractivity contribution < 1.29 is 23.4 Å². The molecule has 1 saturated heterocycles. The second kappa shape index (κ2) is 11.7. The molecule has 3 N–H and O–H groups in total. The summed E-state index contributed by atoms with van der Waals surface area (Å²) in [6.07, 6.45) is 2.18. The lowest BCUT2D eigenvalue weighted by atomic mass is 9.86. The Morgan fingerprint density at radius 1 is 1.12 bits per heavy atom. The first-order valence-corrected chi connectivity index (χ1v) is 13.7. The summed E-state index contributed by atoms with van der Waals surface area (Å²) in [7, 11) is 2.95. The Hall–Kier alpha value is -3.83. The Bertz CT molecular complexity index is 1340. The summed E-state index contributed by atoms with van der Waals surface area (Å²) in [6.45, 7) is 12.0. The number of anilines is 2. The molecule has 3 aromatic rings. The number of fused-ring (bicyclic) bond motifs is 1. The van der Waals surface area contributed by atoms with E-state index in [-0.39, 0.29) is 34.6 Å². The zero-order chi connectivity index (χ0) is 28.3. The molecule has 0 bridgehead atoms. The first kappa shape index (κ1) is 27.7. The molecular weight excluding hydrogens is 512 g/mol. The van der Waals surface area contributed by atoms with Gasteiger partial charge < -0.3 is 34.6 Å². The topological polar surface area (TPSA) is 123 Å². The van der Waals surface area contributed by atoms with Crippen LogP contribution in [-0.2, 0) is 11.8 Å². The number of hydrogen-bond donors (Lipinski definition) is 3. The normalized spacial score (nSPS) is 16.3. The van der Waals surface area contributed by atoms with E-state index in [1.807, 2.05) is 6.92 Å². The summed E-state index contributed by atoms with van der Waals surface area (Å²) >= 11 is 0. The van der Waals surface area contributed by atoms with Gasteiger partial charge in [-0.25, -0.2) is 0 Å². The molecule has 5 rings (SSSR count). The van der Waals surface area contributed by atoms with Gasteiger partial charge in [-0.1, -0.05) is 19.9 Å². The van der Waals surface area contributed by atoms with E-state index in [1.165, 1.54) is 25.3 Å². The molecule has 1 aromatic carbocycles. The molecule has 1 fully saturated rings. The molecule has 0 spiro atoms. The number of carbonyl (C=O) groups excluding carboxylic acids is 1. The lowest BCUT2D eigenvalue weighted by Gasteiger charge is -2.27. The van der Waals surface area contributed by atoms with Crippen molar-refractivity contribution in [1.82, 2.24) is 20.2 Å². The smallest absolute Gasteiger partial charge is 0.291 e. The Balaban J connectivity index is 1.26. The molecule has 11 heteroatoms. The Labute approximate surface area is 234 Å². The molecule has 2 aromatic heterocycles. The standard InChI is InChI=1S/C29H38N6O5/c1-18-16-19-8-9-29(2,3)20(19)17-22(18)40-23-7-6-21(39-23)25(36)32-24-26(37-4)33-28(34-27(24)38-5)31-12-15-35-13-10-30-11-14-35/h6-7,16-17,30H,8-15H2,1-5H3,(H,32,36)(H,31,33,34). The van der Waals surface area contributed by atoms with Gasteiger partial charge >= 0.3 is 0 Å². The Kier molecular flexibility index (Phi) is 8.13. The first-order chi connectivity index (χ1) is 19.3. The summed E-state index contributed by atoms with van der Waals surface area (Å²) in [5, 5.41) is 9.32. The number of amides is 1. The fourth-order valence-electron chi connectivity index (χ4n) is 5.22. The molecular formula is C29H38N6O5. The van der Waals surface area contributed by atoms with Gasteiger partial charge in [-0.3, -0.25) is 9.69 Å². The van der Waals surface area contributed by atoms with E-state index >= 15 is 0 Å². The quantitative estimate of drug-likeness (QED) is 0.342. The minimum atomic E-state index is -0.513. The van der Waals surface area contributed by atoms with E-state index in [9.17, 15) is 4.79 Å². The van der Waals surface area contributed by atoms with Crippen LogP contribution < -0.4 is 30.2 Å². The van der Waals surface area contributed by atoms with Crippen LogP contribution in [0.15, 0.2) is 28.7 Å². The fourth-order valence-corrected chi connectivity index (χ4v) is 5.22. The van der Waals surface area contributed by atoms with Gasteiger partial charge in [-0.05, 0) is 54.0 Å². The van der Waals surface area contributed by atoms with Crippen molar-refractivity contribution in [2.75, 3.05) is 64.1 Å². The van der Waals surface area contributed by atoms with E-state index in [1.54, 1.807) is 12.1 Å². The average Bonchev–Trinajstić information content (AvgIpc) is 3.53. The largest absolute Gasteiger partial charge is 0.479 e. The van der Waals surface area contributed by atoms with E-state index in [0.717, 1.165) is 51.1 Å². The second-order valence-electron chi connectivity index (χ2n) is 10.8. The number of nitrogens with zero attached hydrogens (tertiary/aromatic N) is 3. The maximum Gasteiger partial charge on any atom is 0.291 e. The van der Waals surface area contributed by atoms with Crippen LogP contribution in [0.3, 0.4) is 0 Å². The zero-order valence-corrected chi connectivity index (χ0v) is 23.8. The summed E-state index contributed by atoms with van der Waals surface area (Å²) in [4.78, 5) is 24.3. The number of carbonyl (C=O) groups is 1. The molecule has 0 saturated carbocycles. The second-order valence-corrected chi connectivity index (χ2v) is 10.8. The van der Waals surface area contributed by atoms with Crippen molar-refractivity contribution in [3.05, 3.63) is 46.7 Å². The maximum absolute atomic E-state index is 13.1. The van der Waals surface area contributed by atoms with Crippen molar-refractivity contribution >= 4 is 17.5 Å². The van der Waals surface area contributed by atoms with Crippen LogP contribution in [-0.4, -0.2) is 74.3 Å². The molecule has 214 valence electrons. The average molecular weight is 551 g/mol. The molecule has 0 radical (unpaired) electrons. The van der Waals surface area contributed by atoms with Gasteiger partial charge in [0, 0.05) is 45.3 Å². The third kappa shape index (κ3) is 6.00. The van der Waals surface area contributed by atoms with Crippen molar-refractivity contribution in [3.8, 4) is 23.5 Å². The van der Waals surface area contributed by atoms with Gasteiger partial charge in [0.25, 0.3) is 11.9 Å². The van der Waals surface area contributed by atoms with Gasteiger partial charge in [0.05, 0.1) is 14.2 Å². The van der Waals surface area contributed by atoms with Crippen LogP contribution in [0.4, 0.5) is 11.6 Å².